The molecule has 0 bridgehead atoms. The maximum atomic E-state index is 6.27. The molecule has 5 aromatic carbocycles. The summed E-state index contributed by atoms with van der Waals surface area (Å²) in [5, 5.41) is 4.38. The van der Waals surface area contributed by atoms with E-state index >= 15 is 0 Å². The summed E-state index contributed by atoms with van der Waals surface area (Å²) in [7, 11) is 0. The fourth-order valence-corrected chi connectivity index (χ4v) is 6.09. The fourth-order valence-electron chi connectivity index (χ4n) is 6.09. The van der Waals surface area contributed by atoms with Crippen LogP contribution in [-0.2, 0) is 0 Å². The van der Waals surface area contributed by atoms with Crippen molar-refractivity contribution in [3.63, 3.8) is 0 Å². The molecule has 0 aliphatic heterocycles. The van der Waals surface area contributed by atoms with Gasteiger partial charge < -0.3 is 4.42 Å². The Bertz CT molecular complexity index is 2440. The van der Waals surface area contributed by atoms with E-state index in [1.165, 1.54) is 0 Å². The molecular weight excluding hydrogens is 542 g/mol. The summed E-state index contributed by atoms with van der Waals surface area (Å²) in [6, 6.07) is 43.1. The Morgan fingerprint density at radius 2 is 1.02 bits per heavy atom. The van der Waals surface area contributed by atoms with Crippen LogP contribution < -0.4 is 0 Å². The maximum Gasteiger partial charge on any atom is 0.238 e. The molecule has 206 valence electrons. The van der Waals surface area contributed by atoms with Crippen LogP contribution in [0.1, 0.15) is 0 Å². The lowest BCUT2D eigenvalue weighted by Gasteiger charge is -2.11. The van der Waals surface area contributed by atoms with E-state index in [2.05, 4.69) is 76.3 Å². The van der Waals surface area contributed by atoms with E-state index in [4.69, 9.17) is 19.4 Å². The summed E-state index contributed by atoms with van der Waals surface area (Å²) in [4.78, 5) is 19.6. The summed E-state index contributed by atoms with van der Waals surface area (Å²) in [5.41, 5.74) is 7.54. The van der Waals surface area contributed by atoms with Crippen LogP contribution in [0.3, 0.4) is 0 Å². The minimum absolute atomic E-state index is 0.576. The Hall–Kier alpha value is -6.14. The molecule has 0 unspecified atom stereocenters. The molecule has 0 fully saturated rings. The van der Waals surface area contributed by atoms with Gasteiger partial charge >= 0.3 is 0 Å². The summed E-state index contributed by atoms with van der Waals surface area (Å²) in [6.07, 6.45) is 3.72. The third kappa shape index (κ3) is 3.82. The second-order valence-corrected chi connectivity index (χ2v) is 10.8. The second-order valence-electron chi connectivity index (χ2n) is 10.8. The minimum atomic E-state index is 0.576. The Kier molecular flexibility index (Phi) is 5.40. The molecule has 0 radical (unpaired) electrons. The van der Waals surface area contributed by atoms with Crippen LogP contribution in [-0.4, -0.2) is 24.5 Å². The van der Waals surface area contributed by atoms with Gasteiger partial charge in [0.2, 0.25) is 5.95 Å². The maximum absolute atomic E-state index is 6.27. The Labute approximate surface area is 251 Å². The van der Waals surface area contributed by atoms with Crippen molar-refractivity contribution in [2.24, 2.45) is 0 Å². The monoisotopic (exact) mass is 565 g/mol. The third-order valence-electron chi connectivity index (χ3n) is 8.18. The zero-order valence-electron chi connectivity index (χ0n) is 23.4. The SMILES string of the molecule is c1ccc(-c2nc(-c3ccc(-c4cncc5c4oc4ccccc45)cc3)nc(-n3c4ccccc4c4ccccc43)n2)cc1. The van der Waals surface area contributed by atoms with Crippen molar-refractivity contribution in [2.75, 3.05) is 0 Å². The number of aromatic nitrogens is 5. The zero-order chi connectivity index (χ0) is 29.0. The molecule has 0 amide bonds. The number of pyridine rings is 1. The fraction of sp³-hybridized carbons (Fsp3) is 0. The quantitative estimate of drug-likeness (QED) is 0.213. The van der Waals surface area contributed by atoms with E-state index in [0.717, 1.165) is 66.0 Å². The minimum Gasteiger partial charge on any atom is -0.455 e. The van der Waals surface area contributed by atoms with E-state index in [9.17, 15) is 0 Å². The Morgan fingerprint density at radius 3 is 1.73 bits per heavy atom. The molecule has 0 aliphatic rings. The van der Waals surface area contributed by atoms with Crippen LogP contribution in [0.25, 0.3) is 83.6 Å². The normalized spacial score (nSPS) is 11.6. The number of nitrogens with zero attached hydrogens (tertiary/aromatic N) is 5. The molecule has 9 aromatic rings. The van der Waals surface area contributed by atoms with Gasteiger partial charge in [-0.3, -0.25) is 9.55 Å². The van der Waals surface area contributed by atoms with Crippen LogP contribution in [0.15, 0.2) is 144 Å². The predicted molar refractivity (Wildman–Crippen MR) is 176 cm³/mol. The van der Waals surface area contributed by atoms with E-state index in [-0.39, 0.29) is 0 Å². The van der Waals surface area contributed by atoms with Crippen LogP contribution in [0, 0.1) is 0 Å². The van der Waals surface area contributed by atoms with E-state index in [1.807, 2.05) is 73.1 Å². The first-order valence-corrected chi connectivity index (χ1v) is 14.5. The number of fused-ring (bicyclic) bond motifs is 6. The standard InChI is InChI=1S/C38H23N5O/c1-2-10-25(11-3-1)36-40-37(42-38(41-36)43-32-15-7-4-12-27(32)28-13-5-8-16-33(28)43)26-20-18-24(19-21-26)30-22-39-23-31-29-14-6-9-17-34(29)44-35(30)31/h1-23H. The summed E-state index contributed by atoms with van der Waals surface area (Å²) < 4.78 is 8.40. The molecule has 0 aliphatic carbocycles. The van der Waals surface area contributed by atoms with Crippen molar-refractivity contribution < 1.29 is 4.42 Å². The predicted octanol–water partition coefficient (Wildman–Crippen LogP) is 9.26. The number of hydrogen-bond acceptors (Lipinski definition) is 5. The lowest BCUT2D eigenvalue weighted by molar-refractivity contribution is 0.669. The van der Waals surface area contributed by atoms with Crippen molar-refractivity contribution in [1.82, 2.24) is 24.5 Å². The largest absolute Gasteiger partial charge is 0.455 e. The van der Waals surface area contributed by atoms with Gasteiger partial charge in [0, 0.05) is 50.6 Å². The highest BCUT2D eigenvalue weighted by Gasteiger charge is 2.18. The van der Waals surface area contributed by atoms with Crippen molar-refractivity contribution in [1.29, 1.82) is 0 Å². The van der Waals surface area contributed by atoms with Gasteiger partial charge in [-0.05, 0) is 23.8 Å². The van der Waals surface area contributed by atoms with Gasteiger partial charge in [-0.25, -0.2) is 4.98 Å². The zero-order valence-corrected chi connectivity index (χ0v) is 23.4. The smallest absolute Gasteiger partial charge is 0.238 e. The molecule has 0 saturated heterocycles. The topological polar surface area (TPSA) is 69.6 Å². The number of rotatable bonds is 4. The first kappa shape index (κ1) is 24.5. The van der Waals surface area contributed by atoms with Crippen molar-refractivity contribution in [3.8, 4) is 39.9 Å². The molecule has 0 atom stereocenters. The van der Waals surface area contributed by atoms with Crippen LogP contribution in [0.4, 0.5) is 0 Å². The van der Waals surface area contributed by atoms with Crippen LogP contribution in [0.2, 0.25) is 0 Å². The van der Waals surface area contributed by atoms with Gasteiger partial charge in [-0.1, -0.05) is 109 Å². The molecule has 6 nitrogen and oxygen atoms in total. The Balaban J connectivity index is 1.22. The van der Waals surface area contributed by atoms with Crippen LogP contribution >= 0.6 is 0 Å². The van der Waals surface area contributed by atoms with Crippen molar-refractivity contribution >= 4 is 43.7 Å². The van der Waals surface area contributed by atoms with Crippen molar-refractivity contribution in [2.45, 2.75) is 0 Å². The molecule has 9 rings (SSSR count). The molecule has 0 spiro atoms. The lowest BCUT2D eigenvalue weighted by atomic mass is 10.0. The summed E-state index contributed by atoms with van der Waals surface area (Å²) >= 11 is 0. The van der Waals surface area contributed by atoms with Gasteiger partial charge in [0.25, 0.3) is 0 Å². The van der Waals surface area contributed by atoms with E-state index in [0.29, 0.717) is 17.6 Å². The first-order chi connectivity index (χ1) is 21.8. The lowest BCUT2D eigenvalue weighted by Crippen LogP contribution is -2.06. The first-order valence-electron chi connectivity index (χ1n) is 14.5. The molecule has 6 heteroatoms. The molecule has 0 saturated carbocycles. The third-order valence-corrected chi connectivity index (χ3v) is 8.18. The second kappa shape index (κ2) is 9.71. The average molecular weight is 566 g/mol. The summed E-state index contributed by atoms with van der Waals surface area (Å²) in [6.45, 7) is 0. The molecular formula is C38H23N5O. The van der Waals surface area contributed by atoms with Gasteiger partial charge in [-0.2, -0.15) is 9.97 Å². The number of para-hydroxylation sites is 3. The van der Waals surface area contributed by atoms with Gasteiger partial charge in [0.1, 0.15) is 11.2 Å². The van der Waals surface area contributed by atoms with Gasteiger partial charge in [-0.15, -0.1) is 0 Å². The van der Waals surface area contributed by atoms with Gasteiger partial charge in [0.15, 0.2) is 11.6 Å². The van der Waals surface area contributed by atoms with Gasteiger partial charge in [0.05, 0.1) is 11.0 Å². The molecule has 4 aromatic heterocycles. The highest BCUT2D eigenvalue weighted by atomic mass is 16.3. The van der Waals surface area contributed by atoms with E-state index < -0.39 is 0 Å². The highest BCUT2D eigenvalue weighted by molar-refractivity contribution is 6.10. The average Bonchev–Trinajstić information content (AvgIpc) is 3.65. The highest BCUT2D eigenvalue weighted by Crippen LogP contribution is 2.36. The van der Waals surface area contributed by atoms with Crippen molar-refractivity contribution in [3.05, 3.63) is 140 Å². The molecule has 0 N–H and O–H groups in total. The number of benzene rings is 5. The number of hydrogen-bond donors (Lipinski definition) is 0. The Morgan fingerprint density at radius 1 is 0.455 bits per heavy atom. The summed E-state index contributed by atoms with van der Waals surface area (Å²) in [5.74, 6) is 1.79. The van der Waals surface area contributed by atoms with Crippen LogP contribution in [0.5, 0.6) is 0 Å². The van der Waals surface area contributed by atoms with E-state index in [1.54, 1.807) is 0 Å². The molecule has 44 heavy (non-hydrogen) atoms. The molecule has 4 heterocycles. The number of furan rings is 1.